The lowest BCUT2D eigenvalue weighted by atomic mass is 10.0. The largest absolute Gasteiger partial charge is 0.309 e. The standard InChI is InChI=1S/C15H20F2N4/c1-3-7-18-14(9-15-19-10-20-21(15)4-2)12-8-11(16)5-6-13(12)17/h5-6,8,10,14,18H,3-4,7,9H2,1-2H3. The van der Waals surface area contributed by atoms with E-state index in [1.807, 2.05) is 13.8 Å². The highest BCUT2D eigenvalue weighted by Crippen LogP contribution is 2.22. The van der Waals surface area contributed by atoms with E-state index in [9.17, 15) is 8.78 Å². The van der Waals surface area contributed by atoms with Gasteiger partial charge in [0.25, 0.3) is 0 Å². The molecule has 1 aromatic carbocycles. The molecule has 4 nitrogen and oxygen atoms in total. The molecule has 0 aliphatic heterocycles. The zero-order valence-corrected chi connectivity index (χ0v) is 12.3. The lowest BCUT2D eigenvalue weighted by molar-refractivity contribution is 0.470. The van der Waals surface area contributed by atoms with Crippen LogP contribution in [0.1, 0.15) is 37.7 Å². The van der Waals surface area contributed by atoms with Crippen LogP contribution in [0.4, 0.5) is 8.78 Å². The Kier molecular flexibility index (Phi) is 5.38. The molecule has 0 aliphatic rings. The Hall–Kier alpha value is -1.82. The first-order valence-corrected chi connectivity index (χ1v) is 7.20. The first kappa shape index (κ1) is 15.6. The summed E-state index contributed by atoms with van der Waals surface area (Å²) in [5, 5.41) is 7.37. The molecule has 114 valence electrons. The topological polar surface area (TPSA) is 42.7 Å². The molecule has 6 heteroatoms. The van der Waals surface area contributed by atoms with Crippen molar-refractivity contribution in [3.8, 4) is 0 Å². The van der Waals surface area contributed by atoms with Crippen LogP contribution in [0.2, 0.25) is 0 Å². The van der Waals surface area contributed by atoms with Crippen LogP contribution in [0, 0.1) is 11.6 Å². The van der Waals surface area contributed by atoms with Crippen LogP contribution in [-0.2, 0) is 13.0 Å². The van der Waals surface area contributed by atoms with E-state index in [0.29, 0.717) is 18.5 Å². The maximum Gasteiger partial charge on any atom is 0.138 e. The summed E-state index contributed by atoms with van der Waals surface area (Å²) < 4.78 is 29.2. The van der Waals surface area contributed by atoms with Crippen molar-refractivity contribution in [1.82, 2.24) is 20.1 Å². The predicted molar refractivity (Wildman–Crippen MR) is 76.8 cm³/mol. The Labute approximate surface area is 123 Å². The lowest BCUT2D eigenvalue weighted by Gasteiger charge is -2.19. The highest BCUT2D eigenvalue weighted by Gasteiger charge is 2.19. The molecule has 1 aromatic heterocycles. The molecule has 1 N–H and O–H groups in total. The Morgan fingerprint density at radius 1 is 1.29 bits per heavy atom. The van der Waals surface area contributed by atoms with Gasteiger partial charge in [0.1, 0.15) is 23.8 Å². The normalized spacial score (nSPS) is 12.6. The molecular weight excluding hydrogens is 274 g/mol. The van der Waals surface area contributed by atoms with Gasteiger partial charge in [-0.3, -0.25) is 4.68 Å². The van der Waals surface area contributed by atoms with Gasteiger partial charge in [-0.05, 0) is 38.1 Å². The summed E-state index contributed by atoms with van der Waals surface area (Å²) in [6.45, 7) is 5.41. The highest BCUT2D eigenvalue weighted by molar-refractivity contribution is 5.23. The van der Waals surface area contributed by atoms with Crippen LogP contribution in [0.15, 0.2) is 24.5 Å². The van der Waals surface area contributed by atoms with Gasteiger partial charge >= 0.3 is 0 Å². The third-order valence-electron chi connectivity index (χ3n) is 3.36. The van der Waals surface area contributed by atoms with Crippen LogP contribution in [0.25, 0.3) is 0 Å². The highest BCUT2D eigenvalue weighted by atomic mass is 19.1. The van der Waals surface area contributed by atoms with E-state index in [0.717, 1.165) is 30.9 Å². The van der Waals surface area contributed by atoms with Crippen LogP contribution in [-0.4, -0.2) is 21.3 Å². The first-order chi connectivity index (χ1) is 10.2. The minimum atomic E-state index is -0.438. The molecule has 0 amide bonds. The number of aromatic nitrogens is 3. The number of hydrogen-bond acceptors (Lipinski definition) is 3. The summed E-state index contributed by atoms with van der Waals surface area (Å²) in [7, 11) is 0. The molecule has 1 heterocycles. The fourth-order valence-electron chi connectivity index (χ4n) is 2.29. The van der Waals surface area contributed by atoms with Crippen LogP contribution < -0.4 is 5.32 Å². The molecule has 0 fully saturated rings. The van der Waals surface area contributed by atoms with Gasteiger partial charge in [-0.15, -0.1) is 0 Å². The summed E-state index contributed by atoms with van der Waals surface area (Å²) in [5.41, 5.74) is 0.328. The molecule has 1 atom stereocenters. The lowest BCUT2D eigenvalue weighted by Crippen LogP contribution is -2.26. The van der Waals surface area contributed by atoms with Crippen molar-refractivity contribution in [2.45, 2.75) is 39.3 Å². The van der Waals surface area contributed by atoms with Gasteiger partial charge in [-0.25, -0.2) is 13.8 Å². The second-order valence-corrected chi connectivity index (χ2v) is 4.87. The minimum Gasteiger partial charge on any atom is -0.309 e. The van der Waals surface area contributed by atoms with E-state index in [4.69, 9.17) is 0 Å². The molecule has 1 unspecified atom stereocenters. The van der Waals surface area contributed by atoms with Gasteiger partial charge in [-0.1, -0.05) is 6.92 Å². The van der Waals surface area contributed by atoms with Crippen molar-refractivity contribution in [3.05, 3.63) is 47.5 Å². The molecule has 0 radical (unpaired) electrons. The molecule has 2 aromatic rings. The van der Waals surface area contributed by atoms with Crippen LogP contribution in [0.5, 0.6) is 0 Å². The fraction of sp³-hybridized carbons (Fsp3) is 0.467. The Balaban J connectivity index is 2.27. The zero-order valence-electron chi connectivity index (χ0n) is 12.3. The number of aryl methyl sites for hydroxylation is 1. The molecule has 0 aliphatic carbocycles. The third-order valence-corrected chi connectivity index (χ3v) is 3.36. The van der Waals surface area contributed by atoms with Gasteiger partial charge in [0.15, 0.2) is 0 Å². The van der Waals surface area contributed by atoms with E-state index in [-0.39, 0.29) is 6.04 Å². The minimum absolute atomic E-state index is 0.324. The van der Waals surface area contributed by atoms with Crippen LogP contribution >= 0.6 is 0 Å². The third kappa shape index (κ3) is 3.85. The monoisotopic (exact) mass is 294 g/mol. The summed E-state index contributed by atoms with van der Waals surface area (Å²) in [6.07, 6.45) is 2.86. The number of hydrogen-bond donors (Lipinski definition) is 1. The first-order valence-electron chi connectivity index (χ1n) is 7.20. The van der Waals surface area contributed by atoms with Gasteiger partial charge in [0.2, 0.25) is 0 Å². The quantitative estimate of drug-likeness (QED) is 0.854. The van der Waals surface area contributed by atoms with Gasteiger partial charge in [0, 0.05) is 24.6 Å². The molecular formula is C15H20F2N4. The molecule has 0 saturated carbocycles. The summed E-state index contributed by atoms with van der Waals surface area (Å²) in [4.78, 5) is 4.21. The molecule has 2 rings (SSSR count). The van der Waals surface area contributed by atoms with Gasteiger partial charge in [0.05, 0.1) is 0 Å². The van der Waals surface area contributed by atoms with Gasteiger partial charge < -0.3 is 5.32 Å². The molecule has 21 heavy (non-hydrogen) atoms. The number of nitrogens with zero attached hydrogens (tertiary/aromatic N) is 3. The average Bonchev–Trinajstić information content (AvgIpc) is 2.93. The van der Waals surface area contributed by atoms with Crippen molar-refractivity contribution >= 4 is 0 Å². The fourth-order valence-corrected chi connectivity index (χ4v) is 2.29. The maximum atomic E-state index is 14.0. The SMILES string of the molecule is CCCNC(Cc1ncnn1CC)c1cc(F)ccc1F. The van der Waals surface area contributed by atoms with Crippen LogP contribution in [0.3, 0.4) is 0 Å². The van der Waals surface area contributed by atoms with E-state index < -0.39 is 11.6 Å². The summed E-state index contributed by atoms with van der Waals surface area (Å²) in [6, 6.07) is 3.21. The Morgan fingerprint density at radius 3 is 2.81 bits per heavy atom. The van der Waals surface area contributed by atoms with E-state index >= 15 is 0 Å². The second-order valence-electron chi connectivity index (χ2n) is 4.87. The zero-order chi connectivity index (χ0) is 15.2. The van der Waals surface area contributed by atoms with E-state index in [2.05, 4.69) is 15.4 Å². The molecule has 0 saturated heterocycles. The van der Waals surface area contributed by atoms with Crippen molar-refractivity contribution < 1.29 is 8.78 Å². The smallest absolute Gasteiger partial charge is 0.138 e. The number of rotatable bonds is 7. The predicted octanol–water partition coefficient (Wildman–Crippen LogP) is 2.86. The summed E-state index contributed by atoms with van der Waals surface area (Å²) >= 11 is 0. The van der Waals surface area contributed by atoms with Crippen molar-refractivity contribution in [2.24, 2.45) is 0 Å². The number of benzene rings is 1. The second kappa shape index (κ2) is 7.26. The Bertz CT molecular complexity index is 583. The van der Waals surface area contributed by atoms with E-state index in [1.54, 1.807) is 4.68 Å². The number of halogens is 2. The molecule has 0 bridgehead atoms. The summed E-state index contributed by atoms with van der Waals surface area (Å²) in [5.74, 6) is -0.0889. The van der Waals surface area contributed by atoms with Crippen molar-refractivity contribution in [1.29, 1.82) is 0 Å². The molecule has 0 spiro atoms. The number of nitrogens with one attached hydrogen (secondary N) is 1. The van der Waals surface area contributed by atoms with Gasteiger partial charge in [-0.2, -0.15) is 5.10 Å². The Morgan fingerprint density at radius 2 is 2.10 bits per heavy atom. The average molecular weight is 294 g/mol. The maximum absolute atomic E-state index is 14.0. The van der Waals surface area contributed by atoms with E-state index in [1.165, 1.54) is 12.4 Å². The van der Waals surface area contributed by atoms with Crippen molar-refractivity contribution in [3.63, 3.8) is 0 Å². The van der Waals surface area contributed by atoms with Crippen molar-refractivity contribution in [2.75, 3.05) is 6.54 Å².